The highest BCUT2D eigenvalue weighted by atomic mass is 16.5. The first-order valence-electron chi connectivity index (χ1n) is 10.0. The van der Waals surface area contributed by atoms with Crippen molar-refractivity contribution >= 4 is 17.7 Å². The molecule has 152 valence electrons. The molecule has 2 aliphatic heterocycles. The second kappa shape index (κ2) is 9.10. The summed E-state index contributed by atoms with van der Waals surface area (Å²) in [5.41, 5.74) is 3.76. The molecule has 0 aromatic heterocycles. The normalized spacial score (nSPS) is 20.6. The number of urea groups is 1. The van der Waals surface area contributed by atoms with Gasteiger partial charge in [-0.2, -0.15) is 0 Å². The largest absolute Gasteiger partial charge is 0.463 e. The monoisotopic (exact) mass is 386 g/mol. The van der Waals surface area contributed by atoms with Crippen LogP contribution in [0, 0.1) is 6.92 Å². The molecule has 3 rings (SSSR count). The van der Waals surface area contributed by atoms with E-state index in [1.807, 2.05) is 6.92 Å². The molecule has 1 saturated heterocycles. The van der Waals surface area contributed by atoms with E-state index in [9.17, 15) is 9.59 Å². The van der Waals surface area contributed by atoms with Crippen LogP contribution in [0.3, 0.4) is 0 Å². The quantitative estimate of drug-likeness (QED) is 0.732. The fraction of sp³-hybridized carbons (Fsp3) is 0.524. The van der Waals surface area contributed by atoms with Gasteiger partial charge in [-0.15, -0.1) is 0 Å². The summed E-state index contributed by atoms with van der Waals surface area (Å²) in [4.78, 5) is 29.2. The lowest BCUT2D eigenvalue weighted by Crippen LogP contribution is -2.54. The molecular weight excluding hydrogens is 356 g/mol. The molecule has 7 heteroatoms. The van der Waals surface area contributed by atoms with Crippen molar-refractivity contribution in [2.45, 2.75) is 33.2 Å². The van der Waals surface area contributed by atoms with Crippen molar-refractivity contribution < 1.29 is 14.3 Å². The number of hydrogen-bond acceptors (Lipinski definition) is 5. The number of amides is 2. The first-order chi connectivity index (χ1) is 13.5. The molecule has 0 radical (unpaired) electrons. The van der Waals surface area contributed by atoms with E-state index in [0.717, 1.165) is 26.2 Å². The van der Waals surface area contributed by atoms with Gasteiger partial charge in [-0.1, -0.05) is 25.1 Å². The van der Waals surface area contributed by atoms with Gasteiger partial charge in [0.1, 0.15) is 0 Å². The van der Waals surface area contributed by atoms with E-state index in [0.29, 0.717) is 30.8 Å². The Balaban J connectivity index is 1.71. The molecule has 1 atom stereocenters. The smallest absolute Gasteiger partial charge is 0.337 e. The molecule has 0 bridgehead atoms. The Bertz CT molecular complexity index is 754. The van der Waals surface area contributed by atoms with Gasteiger partial charge in [0, 0.05) is 44.1 Å². The van der Waals surface area contributed by atoms with Crippen LogP contribution in [0.2, 0.25) is 0 Å². The summed E-state index contributed by atoms with van der Waals surface area (Å²) in [6.07, 6.45) is 0.645. The Morgan fingerprint density at radius 2 is 1.89 bits per heavy atom. The molecular formula is C21H30N4O3. The summed E-state index contributed by atoms with van der Waals surface area (Å²) in [6.45, 7) is 10.3. The lowest BCUT2D eigenvalue weighted by Gasteiger charge is -2.38. The van der Waals surface area contributed by atoms with E-state index in [1.165, 1.54) is 11.3 Å². The molecule has 2 N–H and O–H groups in total. The number of piperazine rings is 1. The first kappa shape index (κ1) is 20.2. The Morgan fingerprint density at radius 1 is 1.18 bits per heavy atom. The molecule has 0 aliphatic carbocycles. The molecule has 2 aliphatic rings. The lowest BCUT2D eigenvalue weighted by molar-refractivity contribution is -0.139. The van der Waals surface area contributed by atoms with Crippen LogP contribution in [0.1, 0.15) is 25.8 Å². The van der Waals surface area contributed by atoms with Crippen LogP contribution < -0.4 is 15.5 Å². The Labute approximate surface area is 166 Å². The molecule has 2 heterocycles. The number of anilines is 1. The molecule has 1 fully saturated rings. The zero-order valence-electron chi connectivity index (χ0n) is 17.0. The van der Waals surface area contributed by atoms with Crippen molar-refractivity contribution in [2.24, 2.45) is 0 Å². The molecule has 0 unspecified atom stereocenters. The van der Waals surface area contributed by atoms with Crippen molar-refractivity contribution in [1.29, 1.82) is 0 Å². The standard InChI is InChI=1S/C21H30N4O3/c1-4-16-19(20(26)28-5-2)17(23-21(27)22-16)14-24-10-12-25(13-11-24)18-9-7-6-8-15(18)3/h6-9,16H,4-5,10-14H2,1-3H3,(H2,22,23,27)/t16-/m0/s1. The van der Waals surface area contributed by atoms with Gasteiger partial charge >= 0.3 is 12.0 Å². The molecule has 1 aromatic carbocycles. The third kappa shape index (κ3) is 4.47. The maximum absolute atomic E-state index is 12.5. The number of esters is 1. The van der Waals surface area contributed by atoms with E-state index in [1.54, 1.807) is 6.92 Å². The summed E-state index contributed by atoms with van der Waals surface area (Å²) >= 11 is 0. The first-order valence-corrected chi connectivity index (χ1v) is 10.0. The van der Waals surface area contributed by atoms with Crippen LogP contribution in [-0.4, -0.2) is 62.3 Å². The SMILES string of the molecule is CCOC(=O)C1=C(CN2CCN(c3ccccc3C)CC2)NC(=O)N[C@H]1CC. The molecule has 7 nitrogen and oxygen atoms in total. The van der Waals surface area contributed by atoms with Gasteiger partial charge in [-0.3, -0.25) is 4.90 Å². The van der Waals surface area contributed by atoms with E-state index in [4.69, 9.17) is 4.74 Å². The second-order valence-electron chi connectivity index (χ2n) is 7.22. The predicted octanol–water partition coefficient (Wildman–Crippen LogP) is 2.03. The molecule has 28 heavy (non-hydrogen) atoms. The minimum atomic E-state index is -0.351. The number of carbonyl (C=O) groups is 2. The molecule has 1 aromatic rings. The molecule has 2 amide bonds. The maximum Gasteiger partial charge on any atom is 0.337 e. The number of benzene rings is 1. The van der Waals surface area contributed by atoms with Crippen molar-refractivity contribution in [2.75, 3.05) is 44.2 Å². The van der Waals surface area contributed by atoms with Gasteiger partial charge in [-0.05, 0) is 31.9 Å². The Hall–Kier alpha value is -2.54. The molecule has 0 spiro atoms. The van der Waals surface area contributed by atoms with Crippen LogP contribution in [-0.2, 0) is 9.53 Å². The number of carbonyl (C=O) groups excluding carboxylic acids is 2. The lowest BCUT2D eigenvalue weighted by atomic mass is 10.00. The van der Waals surface area contributed by atoms with E-state index in [2.05, 4.69) is 51.6 Å². The fourth-order valence-electron chi connectivity index (χ4n) is 3.88. The average Bonchev–Trinajstić information content (AvgIpc) is 2.68. The number of nitrogens with zero attached hydrogens (tertiary/aromatic N) is 2. The summed E-state index contributed by atoms with van der Waals surface area (Å²) < 4.78 is 5.24. The molecule has 0 saturated carbocycles. The highest BCUT2D eigenvalue weighted by molar-refractivity contribution is 5.94. The number of para-hydroxylation sites is 1. The zero-order valence-corrected chi connectivity index (χ0v) is 17.0. The summed E-state index contributed by atoms with van der Waals surface area (Å²) in [7, 11) is 0. The van der Waals surface area contributed by atoms with Crippen LogP contribution in [0.15, 0.2) is 35.5 Å². The number of ether oxygens (including phenoxy) is 1. The van der Waals surface area contributed by atoms with E-state index in [-0.39, 0.29) is 18.0 Å². The van der Waals surface area contributed by atoms with Gasteiger partial charge in [-0.25, -0.2) is 9.59 Å². The number of aryl methyl sites for hydroxylation is 1. The third-order valence-corrected chi connectivity index (χ3v) is 5.36. The number of hydrogen-bond donors (Lipinski definition) is 2. The van der Waals surface area contributed by atoms with Gasteiger partial charge in [0.25, 0.3) is 0 Å². The van der Waals surface area contributed by atoms with Gasteiger partial charge in [0.15, 0.2) is 0 Å². The Kier molecular flexibility index (Phi) is 6.57. The Morgan fingerprint density at radius 3 is 2.54 bits per heavy atom. The van der Waals surface area contributed by atoms with Crippen molar-refractivity contribution in [3.63, 3.8) is 0 Å². The summed E-state index contributed by atoms with van der Waals surface area (Å²) in [5.74, 6) is -0.351. The van der Waals surface area contributed by atoms with Crippen molar-refractivity contribution in [3.05, 3.63) is 41.1 Å². The highest BCUT2D eigenvalue weighted by Gasteiger charge is 2.32. The van der Waals surface area contributed by atoms with Crippen LogP contribution >= 0.6 is 0 Å². The van der Waals surface area contributed by atoms with Crippen molar-refractivity contribution in [1.82, 2.24) is 15.5 Å². The van der Waals surface area contributed by atoms with E-state index >= 15 is 0 Å². The topological polar surface area (TPSA) is 73.9 Å². The predicted molar refractivity (Wildman–Crippen MR) is 109 cm³/mol. The third-order valence-electron chi connectivity index (χ3n) is 5.36. The maximum atomic E-state index is 12.5. The van der Waals surface area contributed by atoms with Crippen LogP contribution in [0.5, 0.6) is 0 Å². The second-order valence-corrected chi connectivity index (χ2v) is 7.22. The highest BCUT2D eigenvalue weighted by Crippen LogP contribution is 2.22. The zero-order chi connectivity index (χ0) is 20.1. The van der Waals surface area contributed by atoms with Crippen LogP contribution in [0.25, 0.3) is 0 Å². The fourth-order valence-corrected chi connectivity index (χ4v) is 3.88. The van der Waals surface area contributed by atoms with Gasteiger partial charge < -0.3 is 20.3 Å². The minimum Gasteiger partial charge on any atom is -0.463 e. The number of rotatable bonds is 6. The van der Waals surface area contributed by atoms with Crippen molar-refractivity contribution in [3.8, 4) is 0 Å². The minimum absolute atomic E-state index is 0.256. The van der Waals surface area contributed by atoms with E-state index < -0.39 is 0 Å². The van der Waals surface area contributed by atoms with Gasteiger partial charge in [0.05, 0.1) is 18.2 Å². The van der Waals surface area contributed by atoms with Crippen LogP contribution in [0.4, 0.5) is 10.5 Å². The van der Waals surface area contributed by atoms with Gasteiger partial charge in [0.2, 0.25) is 0 Å². The average molecular weight is 386 g/mol. The summed E-state index contributed by atoms with van der Waals surface area (Å²) in [5, 5.41) is 5.66. The number of nitrogens with one attached hydrogen (secondary N) is 2. The summed E-state index contributed by atoms with van der Waals surface area (Å²) in [6, 6.07) is 7.85.